The molecule has 3 aromatic carbocycles. The first-order valence-electron chi connectivity index (χ1n) is 10.8. The van der Waals surface area contributed by atoms with Crippen LogP contribution >= 0.6 is 11.8 Å². The largest absolute Gasteiger partial charge is 0.497 e. The Labute approximate surface area is 203 Å². The average Bonchev–Trinajstić information content (AvgIpc) is 2.91. The lowest BCUT2D eigenvalue weighted by atomic mass is 9.99. The summed E-state index contributed by atoms with van der Waals surface area (Å²) in [7, 11) is 1.63. The third kappa shape index (κ3) is 5.76. The second kappa shape index (κ2) is 11.4. The molecule has 6 heteroatoms. The van der Waals surface area contributed by atoms with Gasteiger partial charge in [-0.05, 0) is 48.0 Å². The van der Waals surface area contributed by atoms with E-state index in [1.165, 1.54) is 11.8 Å². The van der Waals surface area contributed by atoms with Crippen LogP contribution in [0.25, 0.3) is 22.4 Å². The van der Waals surface area contributed by atoms with Crippen molar-refractivity contribution in [2.75, 3.05) is 19.5 Å². The van der Waals surface area contributed by atoms with Crippen LogP contribution in [-0.4, -0.2) is 35.7 Å². The minimum atomic E-state index is -0.719. The summed E-state index contributed by atoms with van der Waals surface area (Å²) in [5.41, 5.74) is 3.90. The molecule has 170 valence electrons. The van der Waals surface area contributed by atoms with E-state index >= 15 is 0 Å². The topological polar surface area (TPSA) is 75.4 Å². The number of pyridine rings is 1. The zero-order valence-corrected chi connectivity index (χ0v) is 19.5. The number of rotatable bonds is 9. The molecule has 4 aromatic rings. The van der Waals surface area contributed by atoms with Gasteiger partial charge in [0.05, 0.1) is 24.5 Å². The Bertz CT molecular complexity index is 1260. The van der Waals surface area contributed by atoms with E-state index in [9.17, 15) is 10.4 Å². The van der Waals surface area contributed by atoms with Gasteiger partial charge in [-0.25, -0.2) is 4.98 Å². The Kier molecular flexibility index (Phi) is 7.82. The van der Waals surface area contributed by atoms with E-state index in [1.54, 1.807) is 7.11 Å². The van der Waals surface area contributed by atoms with Crippen LogP contribution < -0.4 is 9.47 Å². The Morgan fingerprint density at radius 3 is 2.24 bits per heavy atom. The molecule has 0 amide bonds. The molecule has 0 fully saturated rings. The van der Waals surface area contributed by atoms with Gasteiger partial charge in [-0.2, -0.15) is 5.26 Å². The van der Waals surface area contributed by atoms with Crippen molar-refractivity contribution >= 4 is 11.8 Å². The number of nitriles is 1. The molecule has 0 bridgehead atoms. The number of aromatic nitrogens is 1. The average molecular weight is 469 g/mol. The van der Waals surface area contributed by atoms with Gasteiger partial charge in [-0.3, -0.25) is 0 Å². The molecular weight excluding hydrogens is 444 g/mol. The van der Waals surface area contributed by atoms with E-state index in [4.69, 9.17) is 14.5 Å². The van der Waals surface area contributed by atoms with Gasteiger partial charge in [0.2, 0.25) is 0 Å². The quantitative estimate of drug-likeness (QED) is 0.312. The number of aliphatic hydroxyl groups is 1. The van der Waals surface area contributed by atoms with Crippen LogP contribution in [0.1, 0.15) is 5.56 Å². The van der Waals surface area contributed by atoms with Gasteiger partial charge in [0.25, 0.3) is 0 Å². The van der Waals surface area contributed by atoms with Crippen molar-refractivity contribution in [3.05, 3.63) is 96.6 Å². The number of benzene rings is 3. The second-order valence-corrected chi connectivity index (χ2v) is 8.54. The summed E-state index contributed by atoms with van der Waals surface area (Å²) < 4.78 is 10.9. The molecule has 0 aliphatic heterocycles. The molecule has 1 atom stereocenters. The molecule has 0 saturated heterocycles. The molecule has 4 rings (SSSR count). The van der Waals surface area contributed by atoms with E-state index in [0.29, 0.717) is 22.1 Å². The predicted octanol–water partition coefficient (Wildman–Crippen LogP) is 5.83. The number of hydrogen-bond donors (Lipinski definition) is 1. The first kappa shape index (κ1) is 23.4. The van der Waals surface area contributed by atoms with Gasteiger partial charge in [-0.15, -0.1) is 11.8 Å². The van der Waals surface area contributed by atoms with E-state index in [-0.39, 0.29) is 6.61 Å². The van der Waals surface area contributed by atoms with Crippen molar-refractivity contribution in [1.82, 2.24) is 4.98 Å². The predicted molar refractivity (Wildman–Crippen MR) is 135 cm³/mol. The van der Waals surface area contributed by atoms with Crippen molar-refractivity contribution in [2.45, 2.75) is 11.1 Å². The maximum atomic E-state index is 10.5. The van der Waals surface area contributed by atoms with Crippen LogP contribution in [0.2, 0.25) is 0 Å². The first-order valence-corrected chi connectivity index (χ1v) is 11.8. The van der Waals surface area contributed by atoms with Gasteiger partial charge in [-0.1, -0.05) is 48.5 Å². The summed E-state index contributed by atoms with van der Waals surface area (Å²) in [6.45, 7) is 0.155. The molecule has 0 spiro atoms. The van der Waals surface area contributed by atoms with E-state index in [1.807, 2.05) is 91.0 Å². The van der Waals surface area contributed by atoms with Crippen LogP contribution in [-0.2, 0) is 0 Å². The van der Waals surface area contributed by atoms with E-state index in [0.717, 1.165) is 28.1 Å². The minimum absolute atomic E-state index is 0.155. The number of para-hydroxylation sites is 1. The van der Waals surface area contributed by atoms with Crippen LogP contribution in [0.4, 0.5) is 0 Å². The number of thioether (sulfide) groups is 1. The highest BCUT2D eigenvalue weighted by molar-refractivity contribution is 7.99. The smallest absolute Gasteiger partial charge is 0.119 e. The first-order chi connectivity index (χ1) is 16.7. The molecule has 0 saturated carbocycles. The number of nitrogens with zero attached hydrogens (tertiary/aromatic N) is 2. The number of ether oxygens (including phenoxy) is 2. The lowest BCUT2D eigenvalue weighted by molar-refractivity contribution is 0.126. The maximum absolute atomic E-state index is 10.5. The van der Waals surface area contributed by atoms with Crippen molar-refractivity contribution in [1.29, 1.82) is 5.26 Å². The van der Waals surface area contributed by atoms with Crippen LogP contribution in [0, 0.1) is 11.3 Å². The lowest BCUT2D eigenvalue weighted by Crippen LogP contribution is -2.20. The van der Waals surface area contributed by atoms with Crippen molar-refractivity contribution < 1.29 is 14.6 Å². The summed E-state index contributed by atoms with van der Waals surface area (Å²) in [6, 6.07) is 31.1. The van der Waals surface area contributed by atoms with Gasteiger partial charge in [0.1, 0.15) is 29.2 Å². The van der Waals surface area contributed by atoms with Crippen LogP contribution in [0.15, 0.2) is 96.0 Å². The van der Waals surface area contributed by atoms with Gasteiger partial charge in [0.15, 0.2) is 0 Å². The number of aliphatic hydroxyl groups excluding tert-OH is 1. The Hall–Kier alpha value is -3.79. The SMILES string of the molecule is COc1ccc(-c2cc(-c3ccccc3)c(C#N)c(SCC(O)COc3ccccc3)n2)cc1. The Morgan fingerprint density at radius 2 is 1.59 bits per heavy atom. The molecule has 1 N–H and O–H groups in total. The molecule has 1 heterocycles. The van der Waals surface area contributed by atoms with Gasteiger partial charge in [0, 0.05) is 16.9 Å². The molecular formula is C28H24N2O3S. The van der Waals surface area contributed by atoms with Crippen molar-refractivity contribution in [3.8, 4) is 40.0 Å². The molecule has 0 aliphatic rings. The second-order valence-electron chi connectivity index (χ2n) is 7.53. The zero-order valence-electron chi connectivity index (χ0n) is 18.7. The molecule has 5 nitrogen and oxygen atoms in total. The summed E-state index contributed by atoms with van der Waals surface area (Å²) in [4.78, 5) is 4.79. The monoisotopic (exact) mass is 468 g/mol. The standard InChI is InChI=1S/C28H24N2O3S/c1-32-23-14-12-21(13-15-23)27-16-25(20-8-4-2-5-9-20)26(17-29)28(30-27)34-19-22(31)18-33-24-10-6-3-7-11-24/h2-16,22,31H,18-19H2,1H3. The highest BCUT2D eigenvalue weighted by atomic mass is 32.2. The van der Waals surface area contributed by atoms with Crippen molar-refractivity contribution in [2.24, 2.45) is 0 Å². The molecule has 1 unspecified atom stereocenters. The third-order valence-electron chi connectivity index (χ3n) is 5.17. The number of hydrogen-bond acceptors (Lipinski definition) is 6. The molecule has 0 radical (unpaired) electrons. The van der Waals surface area contributed by atoms with Crippen LogP contribution in [0.5, 0.6) is 11.5 Å². The van der Waals surface area contributed by atoms with Crippen LogP contribution in [0.3, 0.4) is 0 Å². The summed E-state index contributed by atoms with van der Waals surface area (Å²) in [5.74, 6) is 1.81. The summed E-state index contributed by atoms with van der Waals surface area (Å²) in [6.07, 6.45) is -0.719. The summed E-state index contributed by atoms with van der Waals surface area (Å²) >= 11 is 1.35. The maximum Gasteiger partial charge on any atom is 0.119 e. The lowest BCUT2D eigenvalue weighted by Gasteiger charge is -2.15. The van der Waals surface area contributed by atoms with Crippen molar-refractivity contribution in [3.63, 3.8) is 0 Å². The minimum Gasteiger partial charge on any atom is -0.497 e. The number of methoxy groups -OCH3 is 1. The fourth-order valence-corrected chi connectivity index (χ4v) is 4.33. The highest BCUT2D eigenvalue weighted by Gasteiger charge is 2.17. The zero-order chi connectivity index (χ0) is 23.8. The normalized spacial score (nSPS) is 11.4. The van der Waals surface area contributed by atoms with Gasteiger partial charge < -0.3 is 14.6 Å². The molecule has 1 aromatic heterocycles. The molecule has 0 aliphatic carbocycles. The highest BCUT2D eigenvalue weighted by Crippen LogP contribution is 2.34. The fourth-order valence-electron chi connectivity index (χ4n) is 3.42. The fraction of sp³-hybridized carbons (Fsp3) is 0.143. The third-order valence-corrected chi connectivity index (χ3v) is 6.29. The molecule has 34 heavy (non-hydrogen) atoms. The Morgan fingerprint density at radius 1 is 0.912 bits per heavy atom. The summed E-state index contributed by atoms with van der Waals surface area (Å²) in [5, 5.41) is 21.1. The Balaban J connectivity index is 1.62. The van der Waals surface area contributed by atoms with Gasteiger partial charge >= 0.3 is 0 Å². The van der Waals surface area contributed by atoms with E-state index in [2.05, 4.69) is 6.07 Å². The van der Waals surface area contributed by atoms with E-state index < -0.39 is 6.10 Å².